The minimum absolute atomic E-state index is 0.427. The van der Waals surface area contributed by atoms with E-state index in [-0.39, 0.29) is 0 Å². The van der Waals surface area contributed by atoms with E-state index in [1.54, 1.807) is 23.3 Å². The number of nitrogens with one attached hydrogen (secondary N) is 2. The molecule has 1 aromatic carbocycles. The van der Waals surface area contributed by atoms with Gasteiger partial charge >= 0.3 is 6.18 Å². The van der Waals surface area contributed by atoms with E-state index >= 15 is 0 Å². The molecule has 1 unspecified atom stereocenters. The number of benzene rings is 1. The maximum Gasteiger partial charge on any atom is 0.431 e. The number of amides is 1. The van der Waals surface area contributed by atoms with Crippen molar-refractivity contribution in [2.75, 3.05) is 0 Å². The summed E-state index contributed by atoms with van der Waals surface area (Å²) >= 11 is 0. The number of hydrogen-bond acceptors (Lipinski definition) is 4. The van der Waals surface area contributed by atoms with Crippen molar-refractivity contribution in [1.82, 2.24) is 15.3 Å². The van der Waals surface area contributed by atoms with Crippen LogP contribution < -0.4 is 15.6 Å². The highest BCUT2D eigenvalue weighted by Crippen LogP contribution is 2.42. The number of aromatic nitrogens is 2. The summed E-state index contributed by atoms with van der Waals surface area (Å²) in [5, 5.41) is 2.71. The number of aromatic amines is 1. The molecule has 0 saturated heterocycles. The molecule has 2 N–H and O–H groups in total. The number of pyridine rings is 2. The molecule has 3 heterocycles. The Kier molecular flexibility index (Phi) is 4.37. The second-order valence-corrected chi connectivity index (χ2v) is 6.58. The van der Waals surface area contributed by atoms with Crippen LogP contribution in [0.3, 0.4) is 0 Å². The number of carbonyl (C=O) groups excluding carboxylic acids is 1. The highest BCUT2D eigenvalue weighted by Gasteiger charge is 2.33. The number of fused-ring (bicyclic) bond motifs is 2. The Hall–Kier alpha value is -3.62. The minimum atomic E-state index is -4.71. The molecule has 1 aliphatic rings. The zero-order chi connectivity index (χ0) is 20.8. The number of ether oxygens (including phenoxy) is 1. The second-order valence-electron chi connectivity index (χ2n) is 6.58. The Bertz CT molecular complexity index is 1170. The van der Waals surface area contributed by atoms with E-state index in [1.807, 2.05) is 19.1 Å². The first-order chi connectivity index (χ1) is 13.7. The van der Waals surface area contributed by atoms with Crippen molar-refractivity contribution in [3.63, 3.8) is 0 Å². The molecule has 1 amide bonds. The molecule has 0 radical (unpaired) electrons. The fraction of sp³-hybridized carbons (Fsp3) is 0.150. The van der Waals surface area contributed by atoms with E-state index in [2.05, 4.69) is 10.3 Å². The van der Waals surface area contributed by atoms with Gasteiger partial charge in [-0.15, -0.1) is 0 Å². The van der Waals surface area contributed by atoms with Crippen molar-refractivity contribution in [2.24, 2.45) is 0 Å². The van der Waals surface area contributed by atoms with Crippen LogP contribution in [0.4, 0.5) is 13.2 Å². The summed E-state index contributed by atoms with van der Waals surface area (Å²) in [6, 6.07) is 7.91. The molecule has 4 rings (SSSR count). The first-order valence-electron chi connectivity index (χ1n) is 8.58. The molecule has 148 valence electrons. The highest BCUT2D eigenvalue weighted by molar-refractivity contribution is 5.94. The van der Waals surface area contributed by atoms with E-state index in [1.165, 1.54) is 6.20 Å². The van der Waals surface area contributed by atoms with Crippen molar-refractivity contribution in [1.29, 1.82) is 0 Å². The van der Waals surface area contributed by atoms with Gasteiger partial charge < -0.3 is 15.0 Å². The molecular formula is C20H14F3N3O3. The number of H-pyrrole nitrogens is 1. The van der Waals surface area contributed by atoms with Crippen LogP contribution in [-0.2, 0) is 6.18 Å². The van der Waals surface area contributed by atoms with Crippen molar-refractivity contribution in [2.45, 2.75) is 19.1 Å². The first-order valence-corrected chi connectivity index (χ1v) is 8.58. The van der Waals surface area contributed by atoms with Gasteiger partial charge in [-0.05, 0) is 36.8 Å². The molecule has 3 aromatic rings. The lowest BCUT2D eigenvalue weighted by Gasteiger charge is -2.28. The van der Waals surface area contributed by atoms with Crippen LogP contribution in [0.25, 0.3) is 0 Å². The number of hydrogen-bond donors (Lipinski definition) is 2. The average molecular weight is 401 g/mol. The maximum atomic E-state index is 12.7. The first kappa shape index (κ1) is 18.7. The van der Waals surface area contributed by atoms with Gasteiger partial charge in [0, 0.05) is 23.5 Å². The fourth-order valence-corrected chi connectivity index (χ4v) is 3.14. The summed E-state index contributed by atoms with van der Waals surface area (Å²) in [5.41, 5.74) is -0.608. The van der Waals surface area contributed by atoms with Crippen LogP contribution in [0, 0.1) is 6.92 Å². The zero-order valence-electron chi connectivity index (χ0n) is 15.0. The van der Waals surface area contributed by atoms with Gasteiger partial charge in [-0.25, -0.2) is 0 Å². The molecular weight excluding hydrogens is 387 g/mol. The fourth-order valence-electron chi connectivity index (χ4n) is 3.14. The quantitative estimate of drug-likeness (QED) is 0.686. The van der Waals surface area contributed by atoms with Crippen LogP contribution in [-0.4, -0.2) is 15.9 Å². The normalized spacial score (nSPS) is 15.1. The smallest absolute Gasteiger partial charge is 0.431 e. The third kappa shape index (κ3) is 3.46. The van der Waals surface area contributed by atoms with Gasteiger partial charge in [-0.3, -0.25) is 14.6 Å². The van der Waals surface area contributed by atoms with Gasteiger partial charge in [0.15, 0.2) is 0 Å². The van der Waals surface area contributed by atoms with Gasteiger partial charge in [0.2, 0.25) is 0 Å². The van der Waals surface area contributed by atoms with Crippen molar-refractivity contribution in [3.8, 4) is 11.5 Å². The van der Waals surface area contributed by atoms with Crippen LogP contribution >= 0.6 is 0 Å². The third-order valence-electron chi connectivity index (χ3n) is 4.56. The second kappa shape index (κ2) is 6.77. The predicted octanol–water partition coefficient (Wildman–Crippen LogP) is 3.72. The zero-order valence-corrected chi connectivity index (χ0v) is 15.0. The average Bonchev–Trinajstić information content (AvgIpc) is 2.66. The number of rotatable bonds is 2. The molecule has 29 heavy (non-hydrogen) atoms. The van der Waals surface area contributed by atoms with Gasteiger partial charge in [0.1, 0.15) is 22.8 Å². The van der Waals surface area contributed by atoms with Crippen LogP contribution in [0.1, 0.15) is 38.8 Å². The number of nitrogens with zero attached hydrogens (tertiary/aromatic N) is 1. The molecule has 1 atom stereocenters. The SMILES string of the molecule is Cc1ccc2c(c1)Oc1ccncc1C2NC(=O)c1ccc(C(F)(F)F)[nH]c1=O. The minimum Gasteiger partial charge on any atom is -0.456 e. The van der Waals surface area contributed by atoms with E-state index in [4.69, 9.17) is 4.74 Å². The predicted molar refractivity (Wildman–Crippen MR) is 96.9 cm³/mol. The number of carbonyl (C=O) groups is 1. The molecule has 6 nitrogen and oxygen atoms in total. The molecule has 0 fully saturated rings. The highest BCUT2D eigenvalue weighted by atomic mass is 19.4. The lowest BCUT2D eigenvalue weighted by Crippen LogP contribution is -2.35. The van der Waals surface area contributed by atoms with Crippen LogP contribution in [0.15, 0.2) is 53.6 Å². The van der Waals surface area contributed by atoms with Crippen molar-refractivity contribution < 1.29 is 22.7 Å². The van der Waals surface area contributed by atoms with Gasteiger partial charge in [-0.1, -0.05) is 12.1 Å². The number of halogens is 3. The molecule has 0 saturated carbocycles. The van der Waals surface area contributed by atoms with Crippen molar-refractivity contribution in [3.05, 3.63) is 87.1 Å². The topological polar surface area (TPSA) is 84.1 Å². The number of aryl methyl sites for hydroxylation is 1. The largest absolute Gasteiger partial charge is 0.456 e. The van der Waals surface area contributed by atoms with E-state index in [9.17, 15) is 22.8 Å². The lowest BCUT2D eigenvalue weighted by atomic mass is 9.94. The molecule has 2 aromatic heterocycles. The van der Waals surface area contributed by atoms with Crippen LogP contribution in [0.2, 0.25) is 0 Å². The van der Waals surface area contributed by atoms with Crippen LogP contribution in [0.5, 0.6) is 11.5 Å². The Labute approximate surface area is 162 Å². The van der Waals surface area contributed by atoms with Gasteiger partial charge in [0.25, 0.3) is 11.5 Å². The Morgan fingerprint density at radius 3 is 2.66 bits per heavy atom. The Morgan fingerprint density at radius 1 is 1.14 bits per heavy atom. The Balaban J connectivity index is 1.71. The molecule has 1 aliphatic heterocycles. The van der Waals surface area contributed by atoms with E-state index in [0.29, 0.717) is 28.7 Å². The molecule has 9 heteroatoms. The monoisotopic (exact) mass is 401 g/mol. The summed E-state index contributed by atoms with van der Waals surface area (Å²) in [6.07, 6.45) is -1.64. The van der Waals surface area contributed by atoms with Gasteiger partial charge in [0.05, 0.1) is 6.04 Å². The summed E-state index contributed by atoms with van der Waals surface area (Å²) in [5.74, 6) is 0.216. The van der Waals surface area contributed by atoms with Gasteiger partial charge in [-0.2, -0.15) is 13.2 Å². The maximum absolute atomic E-state index is 12.7. The molecule has 0 spiro atoms. The molecule has 0 aliphatic carbocycles. The summed E-state index contributed by atoms with van der Waals surface area (Å²) in [7, 11) is 0. The number of alkyl halides is 3. The summed E-state index contributed by atoms with van der Waals surface area (Å²) in [6.45, 7) is 1.89. The summed E-state index contributed by atoms with van der Waals surface area (Å²) in [4.78, 5) is 30.5. The lowest BCUT2D eigenvalue weighted by molar-refractivity contribution is -0.141. The standard InChI is InChI=1S/C20H14F3N3O3/c1-10-2-3-11-15(8-10)29-14-6-7-24-9-13(14)17(11)26-19(28)12-4-5-16(20(21,22)23)25-18(12)27/h2-9,17H,1H3,(H,25,27)(H,26,28). The van der Waals surface area contributed by atoms with E-state index in [0.717, 1.165) is 11.6 Å². The van der Waals surface area contributed by atoms with E-state index < -0.39 is 34.9 Å². The summed E-state index contributed by atoms with van der Waals surface area (Å²) < 4.78 is 44.1. The third-order valence-corrected chi connectivity index (χ3v) is 4.56. The van der Waals surface area contributed by atoms with Crippen molar-refractivity contribution >= 4 is 5.91 Å². The Morgan fingerprint density at radius 2 is 1.93 bits per heavy atom. The molecule has 0 bridgehead atoms.